The molecule has 0 radical (unpaired) electrons. The van der Waals surface area contributed by atoms with Crippen LogP contribution >= 0.6 is 11.3 Å². The molecule has 4 nitrogen and oxygen atoms in total. The zero-order chi connectivity index (χ0) is 16.2. The van der Waals surface area contributed by atoms with Gasteiger partial charge in [-0.15, -0.1) is 11.3 Å². The van der Waals surface area contributed by atoms with Gasteiger partial charge in [0.1, 0.15) is 5.82 Å². The van der Waals surface area contributed by atoms with Crippen LogP contribution in [0.4, 0.5) is 4.39 Å². The van der Waals surface area contributed by atoms with Crippen molar-refractivity contribution in [1.29, 1.82) is 0 Å². The van der Waals surface area contributed by atoms with E-state index in [2.05, 4.69) is 22.0 Å². The Morgan fingerprint density at radius 2 is 2.13 bits per heavy atom. The Kier molecular flexibility index (Phi) is 4.34. The van der Waals surface area contributed by atoms with Crippen molar-refractivity contribution in [3.63, 3.8) is 0 Å². The summed E-state index contributed by atoms with van der Waals surface area (Å²) in [6, 6.07) is 10.4. The van der Waals surface area contributed by atoms with E-state index in [1.165, 1.54) is 17.4 Å². The lowest BCUT2D eigenvalue weighted by molar-refractivity contribution is 0.629. The zero-order valence-electron chi connectivity index (χ0n) is 12.5. The van der Waals surface area contributed by atoms with Crippen molar-refractivity contribution < 1.29 is 4.39 Å². The van der Waals surface area contributed by atoms with Crippen LogP contribution in [0, 0.1) is 5.82 Å². The minimum absolute atomic E-state index is 0.282. The molecule has 0 aliphatic carbocycles. The number of rotatable bonds is 4. The van der Waals surface area contributed by atoms with Crippen LogP contribution in [0.3, 0.4) is 0 Å². The van der Waals surface area contributed by atoms with Gasteiger partial charge in [-0.1, -0.05) is 18.7 Å². The summed E-state index contributed by atoms with van der Waals surface area (Å²) >= 11 is 1.43. The molecule has 0 amide bonds. The molecule has 3 aromatic rings. The van der Waals surface area contributed by atoms with Crippen LogP contribution in [0.2, 0.25) is 0 Å². The number of thiazole rings is 1. The summed E-state index contributed by atoms with van der Waals surface area (Å²) < 4.78 is 15.9. The summed E-state index contributed by atoms with van der Waals surface area (Å²) in [4.78, 5) is 9.03. The van der Waals surface area contributed by atoms with E-state index in [0.717, 1.165) is 5.56 Å². The predicted molar refractivity (Wildman–Crippen MR) is 91.8 cm³/mol. The quantitative estimate of drug-likeness (QED) is 0.797. The molecule has 0 saturated heterocycles. The number of halogens is 1. The Bertz CT molecular complexity index is 896. The third kappa shape index (κ3) is 3.07. The van der Waals surface area contributed by atoms with Crippen molar-refractivity contribution in [2.24, 2.45) is 4.99 Å². The highest BCUT2D eigenvalue weighted by atomic mass is 32.1. The second-order valence-corrected chi connectivity index (χ2v) is 5.61. The number of nitrogens with zero attached hydrogens (tertiary/aromatic N) is 3. The summed E-state index contributed by atoms with van der Waals surface area (Å²) in [7, 11) is 1.70. The van der Waals surface area contributed by atoms with E-state index >= 15 is 0 Å². The van der Waals surface area contributed by atoms with Crippen LogP contribution < -0.4 is 10.2 Å². The van der Waals surface area contributed by atoms with E-state index in [4.69, 9.17) is 0 Å². The highest BCUT2D eigenvalue weighted by Gasteiger charge is 2.12. The summed E-state index contributed by atoms with van der Waals surface area (Å²) in [5, 5.41) is 1.87. The van der Waals surface area contributed by atoms with Gasteiger partial charge in [0.15, 0.2) is 0 Å². The van der Waals surface area contributed by atoms with Gasteiger partial charge in [-0.05, 0) is 24.3 Å². The zero-order valence-corrected chi connectivity index (χ0v) is 13.3. The molecule has 0 bridgehead atoms. The first-order valence-corrected chi connectivity index (χ1v) is 7.83. The van der Waals surface area contributed by atoms with E-state index in [-0.39, 0.29) is 5.82 Å². The summed E-state index contributed by atoms with van der Waals surface area (Å²) in [5.74, 6) is -0.282. The minimum atomic E-state index is -0.282. The van der Waals surface area contributed by atoms with Crippen LogP contribution in [0.25, 0.3) is 17.0 Å². The number of hydrogen-bond acceptors (Lipinski definition) is 4. The Hall–Kier alpha value is -2.73. The molecule has 1 aromatic carbocycles. The summed E-state index contributed by atoms with van der Waals surface area (Å²) in [5.41, 5.74) is 5.89. The third-order valence-electron chi connectivity index (χ3n) is 3.31. The second kappa shape index (κ2) is 6.58. The van der Waals surface area contributed by atoms with E-state index < -0.39 is 0 Å². The van der Waals surface area contributed by atoms with Crippen LogP contribution in [-0.2, 0) is 0 Å². The van der Waals surface area contributed by atoms with Crippen molar-refractivity contribution in [2.45, 2.75) is 0 Å². The minimum Gasteiger partial charge on any atom is -0.292 e. The second-order valence-electron chi connectivity index (χ2n) is 4.77. The predicted octanol–water partition coefficient (Wildman–Crippen LogP) is 3.50. The molecular formula is C17H15FN4S. The van der Waals surface area contributed by atoms with Gasteiger partial charge in [-0.2, -0.15) is 0 Å². The summed E-state index contributed by atoms with van der Waals surface area (Å²) in [6.45, 7) is 4.03. The standard InChI is InChI=1S/C17H15FN4S/c1-12(13-6-5-9-20-10-13)21-22-16(11-23-17(22)19-2)14-7-3-4-8-15(14)18/h3-11,21H,1H2,2H3. The first-order chi connectivity index (χ1) is 11.2. The molecule has 0 spiro atoms. The van der Waals surface area contributed by atoms with Crippen LogP contribution in [0.1, 0.15) is 5.56 Å². The molecular weight excluding hydrogens is 311 g/mol. The molecule has 3 rings (SSSR count). The van der Waals surface area contributed by atoms with Gasteiger partial charge in [0.2, 0.25) is 4.80 Å². The molecule has 0 fully saturated rings. The monoisotopic (exact) mass is 326 g/mol. The van der Waals surface area contributed by atoms with Gasteiger partial charge in [0.25, 0.3) is 0 Å². The van der Waals surface area contributed by atoms with Crippen LogP contribution in [0.5, 0.6) is 0 Å². The Labute approximate surface area is 137 Å². The van der Waals surface area contributed by atoms with E-state index in [1.54, 1.807) is 42.3 Å². The molecule has 2 heterocycles. The molecule has 0 saturated carbocycles. The number of pyridine rings is 1. The average molecular weight is 326 g/mol. The van der Waals surface area contributed by atoms with E-state index in [1.807, 2.05) is 17.5 Å². The van der Waals surface area contributed by atoms with Crippen molar-refractivity contribution in [3.05, 3.63) is 76.9 Å². The molecule has 23 heavy (non-hydrogen) atoms. The smallest absolute Gasteiger partial charge is 0.204 e. The molecule has 0 atom stereocenters. The number of aromatic nitrogens is 2. The highest BCUT2D eigenvalue weighted by molar-refractivity contribution is 7.07. The third-order valence-corrected chi connectivity index (χ3v) is 4.22. The molecule has 116 valence electrons. The Morgan fingerprint density at radius 3 is 2.83 bits per heavy atom. The fourth-order valence-electron chi connectivity index (χ4n) is 2.17. The number of benzene rings is 1. The van der Waals surface area contributed by atoms with Gasteiger partial charge in [0, 0.05) is 35.9 Å². The first kappa shape index (κ1) is 15.2. The maximum Gasteiger partial charge on any atom is 0.204 e. The number of nitrogens with one attached hydrogen (secondary N) is 1. The Balaban J connectivity index is 2.04. The number of hydrogen-bond donors (Lipinski definition) is 1. The lowest BCUT2D eigenvalue weighted by Gasteiger charge is -2.14. The van der Waals surface area contributed by atoms with Crippen molar-refractivity contribution >= 4 is 17.0 Å². The molecule has 2 aromatic heterocycles. The van der Waals surface area contributed by atoms with E-state index in [9.17, 15) is 4.39 Å². The SMILES string of the molecule is C=C(Nn1c(-c2ccccc2F)csc1=NC)c1cccnc1. The van der Waals surface area contributed by atoms with Gasteiger partial charge in [0.05, 0.1) is 11.4 Å². The molecule has 0 aliphatic rings. The lowest BCUT2D eigenvalue weighted by Crippen LogP contribution is -2.25. The fraction of sp³-hybridized carbons (Fsp3) is 0.0588. The highest BCUT2D eigenvalue weighted by Crippen LogP contribution is 2.23. The fourth-order valence-corrected chi connectivity index (χ4v) is 2.98. The van der Waals surface area contributed by atoms with Gasteiger partial charge in [-0.25, -0.2) is 9.07 Å². The normalized spacial score (nSPS) is 11.5. The van der Waals surface area contributed by atoms with Crippen LogP contribution in [-0.4, -0.2) is 16.7 Å². The Morgan fingerprint density at radius 1 is 1.30 bits per heavy atom. The molecule has 0 unspecified atom stereocenters. The van der Waals surface area contributed by atoms with Crippen molar-refractivity contribution in [1.82, 2.24) is 9.66 Å². The van der Waals surface area contributed by atoms with Gasteiger partial charge >= 0.3 is 0 Å². The van der Waals surface area contributed by atoms with Crippen molar-refractivity contribution in [3.8, 4) is 11.3 Å². The first-order valence-electron chi connectivity index (χ1n) is 6.95. The molecule has 6 heteroatoms. The molecule has 1 N–H and O–H groups in total. The average Bonchev–Trinajstić information content (AvgIpc) is 2.98. The topological polar surface area (TPSA) is 42.2 Å². The summed E-state index contributed by atoms with van der Waals surface area (Å²) in [6.07, 6.45) is 3.42. The maximum atomic E-state index is 14.1. The lowest BCUT2D eigenvalue weighted by atomic mass is 10.1. The van der Waals surface area contributed by atoms with Crippen LogP contribution in [0.15, 0.2) is 65.7 Å². The van der Waals surface area contributed by atoms with Gasteiger partial charge in [-0.3, -0.25) is 15.4 Å². The largest absolute Gasteiger partial charge is 0.292 e. The van der Waals surface area contributed by atoms with E-state index in [0.29, 0.717) is 21.8 Å². The van der Waals surface area contributed by atoms with Crippen molar-refractivity contribution in [2.75, 3.05) is 12.5 Å². The van der Waals surface area contributed by atoms with Gasteiger partial charge < -0.3 is 0 Å². The molecule has 0 aliphatic heterocycles. The maximum absolute atomic E-state index is 14.1.